The van der Waals surface area contributed by atoms with E-state index in [-0.39, 0.29) is 10.6 Å². The van der Waals surface area contributed by atoms with Crippen molar-refractivity contribution in [2.45, 2.75) is 30.8 Å². The third-order valence-electron chi connectivity index (χ3n) is 5.96. The van der Waals surface area contributed by atoms with Crippen LogP contribution in [0.5, 0.6) is 11.5 Å². The molecule has 0 unspecified atom stereocenters. The van der Waals surface area contributed by atoms with Gasteiger partial charge in [0.1, 0.15) is 11.5 Å². The van der Waals surface area contributed by atoms with Gasteiger partial charge in [0.2, 0.25) is 0 Å². The summed E-state index contributed by atoms with van der Waals surface area (Å²) in [6, 6.07) is 28.0. The van der Waals surface area contributed by atoms with E-state index in [4.69, 9.17) is 9.47 Å². The Hall–Kier alpha value is -5.10. The van der Waals surface area contributed by atoms with Gasteiger partial charge in [0.25, 0.3) is 21.6 Å². The second kappa shape index (κ2) is 13.0. The SMILES string of the molecule is CC(C)(Oc1ccc(CCOc2ccc(N=Nc3ccccc3)cc2)cc1)C(=O)NS(=O)(=O)c1ccc([N+](=O)[O-])cc1. The summed E-state index contributed by atoms with van der Waals surface area (Å²) >= 11 is 0. The van der Waals surface area contributed by atoms with Crippen LogP contribution in [0.2, 0.25) is 0 Å². The van der Waals surface area contributed by atoms with Crippen molar-refractivity contribution >= 4 is 33.0 Å². The Morgan fingerprint density at radius 1 is 0.833 bits per heavy atom. The van der Waals surface area contributed by atoms with Gasteiger partial charge in [-0.25, -0.2) is 13.1 Å². The van der Waals surface area contributed by atoms with Crippen LogP contribution in [0, 0.1) is 10.1 Å². The Morgan fingerprint density at radius 2 is 1.40 bits per heavy atom. The summed E-state index contributed by atoms with van der Waals surface area (Å²) in [5.74, 6) is 0.170. The van der Waals surface area contributed by atoms with Gasteiger partial charge in [0.15, 0.2) is 5.60 Å². The Labute approximate surface area is 243 Å². The fourth-order valence-electron chi connectivity index (χ4n) is 3.62. The average Bonchev–Trinajstić information content (AvgIpc) is 2.98. The number of nitro groups is 1. The zero-order valence-corrected chi connectivity index (χ0v) is 23.7. The van der Waals surface area contributed by atoms with Crippen molar-refractivity contribution in [3.05, 3.63) is 119 Å². The lowest BCUT2D eigenvalue weighted by atomic mass is 10.1. The molecule has 11 nitrogen and oxygen atoms in total. The van der Waals surface area contributed by atoms with Crippen LogP contribution in [0.4, 0.5) is 17.1 Å². The molecule has 4 rings (SSSR count). The number of nitro benzene ring substituents is 1. The summed E-state index contributed by atoms with van der Waals surface area (Å²) in [6.07, 6.45) is 0.618. The average molecular weight is 589 g/mol. The van der Waals surface area contributed by atoms with E-state index in [0.717, 1.165) is 35.5 Å². The minimum atomic E-state index is -4.26. The number of sulfonamides is 1. The molecule has 0 aliphatic heterocycles. The number of benzene rings is 4. The molecule has 0 aromatic heterocycles. The molecule has 0 spiro atoms. The van der Waals surface area contributed by atoms with Crippen LogP contribution in [-0.2, 0) is 21.2 Å². The monoisotopic (exact) mass is 588 g/mol. The van der Waals surface area contributed by atoms with Crippen molar-refractivity contribution in [2.75, 3.05) is 6.61 Å². The second-order valence-electron chi connectivity index (χ2n) is 9.57. The summed E-state index contributed by atoms with van der Waals surface area (Å²) in [6.45, 7) is 3.30. The molecule has 0 atom stereocenters. The van der Waals surface area contributed by atoms with Crippen molar-refractivity contribution in [1.82, 2.24) is 4.72 Å². The molecular weight excluding hydrogens is 560 g/mol. The smallest absolute Gasteiger partial charge is 0.277 e. The molecule has 0 saturated heterocycles. The van der Waals surface area contributed by atoms with E-state index >= 15 is 0 Å². The number of hydrogen-bond acceptors (Lipinski definition) is 9. The van der Waals surface area contributed by atoms with E-state index in [1.807, 2.05) is 71.5 Å². The molecule has 1 amide bonds. The lowest BCUT2D eigenvalue weighted by Crippen LogP contribution is -2.48. The first-order chi connectivity index (χ1) is 20.0. The number of carbonyl (C=O) groups is 1. The highest BCUT2D eigenvalue weighted by Crippen LogP contribution is 2.23. The Bertz CT molecular complexity index is 1660. The zero-order chi connectivity index (χ0) is 30.2. The van der Waals surface area contributed by atoms with Gasteiger partial charge in [-0.3, -0.25) is 14.9 Å². The molecule has 0 heterocycles. The summed E-state index contributed by atoms with van der Waals surface area (Å²) in [7, 11) is -4.26. The van der Waals surface area contributed by atoms with Crippen LogP contribution in [0.1, 0.15) is 19.4 Å². The van der Waals surface area contributed by atoms with Crippen molar-refractivity contribution < 1.29 is 27.6 Å². The predicted octanol–water partition coefficient (Wildman–Crippen LogP) is 6.29. The third kappa shape index (κ3) is 8.21. The fourth-order valence-corrected chi connectivity index (χ4v) is 4.72. The van der Waals surface area contributed by atoms with E-state index in [0.29, 0.717) is 30.2 Å². The molecule has 12 heteroatoms. The van der Waals surface area contributed by atoms with E-state index < -0.39 is 26.5 Å². The molecule has 4 aromatic rings. The van der Waals surface area contributed by atoms with Crippen LogP contribution in [0.15, 0.2) is 118 Å². The minimum Gasteiger partial charge on any atom is -0.493 e. The Kier molecular flexibility index (Phi) is 9.28. The largest absolute Gasteiger partial charge is 0.493 e. The predicted molar refractivity (Wildman–Crippen MR) is 156 cm³/mol. The zero-order valence-electron chi connectivity index (χ0n) is 22.8. The Balaban J connectivity index is 1.26. The number of azo groups is 1. The van der Waals surface area contributed by atoms with Gasteiger partial charge in [-0.2, -0.15) is 10.2 Å². The maximum Gasteiger partial charge on any atom is 0.277 e. The van der Waals surface area contributed by atoms with E-state index in [9.17, 15) is 23.3 Å². The first kappa shape index (κ1) is 29.9. The van der Waals surface area contributed by atoms with E-state index in [2.05, 4.69) is 10.2 Å². The molecule has 0 aliphatic carbocycles. The number of nitrogens with zero attached hydrogens (tertiary/aromatic N) is 3. The van der Waals surface area contributed by atoms with Crippen molar-refractivity contribution in [2.24, 2.45) is 10.2 Å². The van der Waals surface area contributed by atoms with Crippen LogP contribution >= 0.6 is 0 Å². The fraction of sp³-hybridized carbons (Fsp3) is 0.167. The molecular formula is C30H28N4O7S. The van der Waals surface area contributed by atoms with Crippen LogP contribution in [-0.4, -0.2) is 31.5 Å². The summed E-state index contributed by atoms with van der Waals surface area (Å²) in [5, 5.41) is 19.2. The van der Waals surface area contributed by atoms with E-state index in [1.54, 1.807) is 12.1 Å². The van der Waals surface area contributed by atoms with Crippen LogP contribution in [0.3, 0.4) is 0 Å². The summed E-state index contributed by atoms with van der Waals surface area (Å²) in [5.41, 5.74) is 0.649. The molecule has 4 aromatic carbocycles. The quantitative estimate of drug-likeness (QED) is 0.116. The molecule has 0 radical (unpaired) electrons. The van der Waals surface area contributed by atoms with Crippen LogP contribution < -0.4 is 14.2 Å². The highest BCUT2D eigenvalue weighted by molar-refractivity contribution is 7.90. The highest BCUT2D eigenvalue weighted by atomic mass is 32.2. The topological polar surface area (TPSA) is 150 Å². The molecule has 1 N–H and O–H groups in total. The highest BCUT2D eigenvalue weighted by Gasteiger charge is 2.33. The number of non-ortho nitro benzene ring substituents is 1. The molecule has 0 saturated carbocycles. The van der Waals surface area contributed by atoms with Gasteiger partial charge in [0, 0.05) is 18.6 Å². The first-order valence-electron chi connectivity index (χ1n) is 12.8. The minimum absolute atomic E-state index is 0.268. The van der Waals surface area contributed by atoms with E-state index in [1.165, 1.54) is 13.8 Å². The molecule has 0 bridgehead atoms. The van der Waals surface area contributed by atoms with Gasteiger partial charge in [-0.15, -0.1) is 0 Å². The lowest BCUT2D eigenvalue weighted by Gasteiger charge is -2.25. The van der Waals surface area contributed by atoms with Gasteiger partial charge >= 0.3 is 0 Å². The molecule has 216 valence electrons. The molecule has 0 aliphatic rings. The maximum atomic E-state index is 12.7. The van der Waals surface area contributed by atoms with Crippen molar-refractivity contribution in [1.29, 1.82) is 0 Å². The number of amides is 1. The number of nitrogens with one attached hydrogen (secondary N) is 1. The second-order valence-corrected chi connectivity index (χ2v) is 11.3. The van der Waals surface area contributed by atoms with Crippen molar-refractivity contribution in [3.8, 4) is 11.5 Å². The van der Waals surface area contributed by atoms with Gasteiger partial charge in [0.05, 0.1) is 27.8 Å². The number of hydrogen-bond donors (Lipinski definition) is 1. The van der Waals surface area contributed by atoms with Crippen LogP contribution in [0.25, 0.3) is 0 Å². The number of ether oxygens (including phenoxy) is 2. The first-order valence-corrected chi connectivity index (χ1v) is 14.3. The lowest BCUT2D eigenvalue weighted by molar-refractivity contribution is -0.384. The maximum absolute atomic E-state index is 12.7. The molecule has 0 fully saturated rings. The van der Waals surface area contributed by atoms with Gasteiger partial charge < -0.3 is 9.47 Å². The molecule has 42 heavy (non-hydrogen) atoms. The number of carbonyl (C=O) groups excluding carboxylic acids is 1. The summed E-state index contributed by atoms with van der Waals surface area (Å²) in [4.78, 5) is 22.6. The normalized spacial score (nSPS) is 11.7. The third-order valence-corrected chi connectivity index (χ3v) is 7.31. The standard InChI is InChI=1S/C30H28N4O7S/c1-30(2,29(35)33-42(38,39)28-18-12-25(13-19-28)34(36)37)41-27-14-8-22(9-15-27)20-21-40-26-16-10-24(11-17-26)32-31-23-6-4-3-5-7-23/h3-19H,20-21H2,1-2H3,(H,33,35). The number of rotatable bonds is 12. The van der Waals surface area contributed by atoms with Gasteiger partial charge in [-0.1, -0.05) is 30.3 Å². The van der Waals surface area contributed by atoms with Gasteiger partial charge in [-0.05, 0) is 80.1 Å². The van der Waals surface area contributed by atoms with Crippen molar-refractivity contribution in [3.63, 3.8) is 0 Å². The Morgan fingerprint density at radius 3 is 2.00 bits per heavy atom. The summed E-state index contributed by atoms with van der Waals surface area (Å²) < 4.78 is 38.7.